The highest BCUT2D eigenvalue weighted by atomic mass is 16.3. The molecule has 3 rings (SSSR count). The number of hydrogen-bond donors (Lipinski definition) is 2. The lowest BCUT2D eigenvalue weighted by atomic mass is 9.87. The van der Waals surface area contributed by atoms with Gasteiger partial charge in [0.25, 0.3) is 0 Å². The number of tetrazole rings is 1. The molecule has 0 spiro atoms. The van der Waals surface area contributed by atoms with Gasteiger partial charge in [0.2, 0.25) is 5.95 Å². The Labute approximate surface area is 117 Å². The molecule has 0 atom stereocenters. The average Bonchev–Trinajstić information content (AvgIpc) is 3.16. The lowest BCUT2D eigenvalue weighted by Crippen LogP contribution is -2.31. The maximum absolute atomic E-state index is 9.63. The summed E-state index contributed by atoms with van der Waals surface area (Å²) >= 11 is 0. The average molecular weight is 273 g/mol. The van der Waals surface area contributed by atoms with E-state index >= 15 is 0 Å². The van der Waals surface area contributed by atoms with Crippen LogP contribution >= 0.6 is 0 Å². The van der Waals surface area contributed by atoms with Crippen LogP contribution in [0, 0.1) is 5.41 Å². The number of anilines is 1. The summed E-state index contributed by atoms with van der Waals surface area (Å²) in [6.07, 6.45) is 4.49. The van der Waals surface area contributed by atoms with Gasteiger partial charge in [0.15, 0.2) is 0 Å². The lowest BCUT2D eigenvalue weighted by Gasteiger charge is -2.26. The van der Waals surface area contributed by atoms with Crippen molar-refractivity contribution in [3.8, 4) is 5.69 Å². The van der Waals surface area contributed by atoms with Crippen LogP contribution in [0.4, 0.5) is 5.95 Å². The van der Waals surface area contributed by atoms with Crippen molar-refractivity contribution in [2.24, 2.45) is 5.41 Å². The fourth-order valence-corrected chi connectivity index (χ4v) is 2.82. The predicted molar refractivity (Wildman–Crippen MR) is 75.6 cm³/mol. The lowest BCUT2D eigenvalue weighted by molar-refractivity contribution is 0.142. The highest BCUT2D eigenvalue weighted by Gasteiger charge is 2.33. The van der Waals surface area contributed by atoms with Gasteiger partial charge >= 0.3 is 0 Å². The van der Waals surface area contributed by atoms with Crippen LogP contribution in [0.2, 0.25) is 0 Å². The van der Waals surface area contributed by atoms with Crippen LogP contribution in [0.15, 0.2) is 30.3 Å². The minimum absolute atomic E-state index is 0.0204. The van der Waals surface area contributed by atoms with Gasteiger partial charge in [-0.3, -0.25) is 0 Å². The Morgan fingerprint density at radius 2 is 1.95 bits per heavy atom. The zero-order valence-corrected chi connectivity index (χ0v) is 11.4. The molecule has 1 aromatic heterocycles. The Hall–Kier alpha value is -1.95. The van der Waals surface area contributed by atoms with Gasteiger partial charge in [0, 0.05) is 12.0 Å². The third-order valence-electron chi connectivity index (χ3n) is 4.09. The third kappa shape index (κ3) is 2.51. The van der Waals surface area contributed by atoms with Crippen molar-refractivity contribution >= 4 is 5.95 Å². The standard InChI is InChI=1S/C14H19N5O/c20-11-14(8-4-5-9-14)10-15-13-16-17-18-19(13)12-6-2-1-3-7-12/h1-3,6-7,20H,4-5,8-11H2,(H,15,16,18). The van der Waals surface area contributed by atoms with E-state index in [1.165, 1.54) is 12.8 Å². The molecule has 1 fully saturated rings. The maximum atomic E-state index is 9.63. The molecule has 0 saturated heterocycles. The zero-order valence-electron chi connectivity index (χ0n) is 11.4. The molecule has 2 N–H and O–H groups in total. The summed E-state index contributed by atoms with van der Waals surface area (Å²) in [5, 5.41) is 24.7. The molecule has 106 valence electrons. The van der Waals surface area contributed by atoms with Crippen molar-refractivity contribution < 1.29 is 5.11 Å². The molecular formula is C14H19N5O. The molecule has 6 heteroatoms. The first-order chi connectivity index (χ1) is 9.83. The van der Waals surface area contributed by atoms with E-state index in [0.717, 1.165) is 18.5 Å². The number of nitrogens with one attached hydrogen (secondary N) is 1. The zero-order chi connectivity index (χ0) is 13.8. The van der Waals surface area contributed by atoms with Crippen LogP contribution in [0.5, 0.6) is 0 Å². The van der Waals surface area contributed by atoms with Gasteiger partial charge in [-0.05, 0) is 35.4 Å². The van der Waals surface area contributed by atoms with Crippen LogP contribution in [0.1, 0.15) is 25.7 Å². The van der Waals surface area contributed by atoms with Crippen LogP contribution in [-0.4, -0.2) is 38.5 Å². The van der Waals surface area contributed by atoms with E-state index in [9.17, 15) is 5.11 Å². The Balaban J connectivity index is 1.74. The smallest absolute Gasteiger partial charge is 0.247 e. The van der Waals surface area contributed by atoms with Crippen molar-refractivity contribution in [1.82, 2.24) is 20.2 Å². The first kappa shape index (κ1) is 13.1. The summed E-state index contributed by atoms with van der Waals surface area (Å²) in [6.45, 7) is 0.920. The highest BCUT2D eigenvalue weighted by Crippen LogP contribution is 2.37. The molecule has 6 nitrogen and oxygen atoms in total. The summed E-state index contributed by atoms with van der Waals surface area (Å²) in [4.78, 5) is 0. The number of aromatic nitrogens is 4. The van der Waals surface area contributed by atoms with Crippen molar-refractivity contribution in [1.29, 1.82) is 0 Å². The minimum Gasteiger partial charge on any atom is -0.396 e. The molecule has 2 aromatic rings. The van der Waals surface area contributed by atoms with Crippen molar-refractivity contribution in [3.63, 3.8) is 0 Å². The second kappa shape index (κ2) is 5.58. The van der Waals surface area contributed by atoms with E-state index in [1.807, 2.05) is 30.3 Å². The molecule has 0 amide bonds. The van der Waals surface area contributed by atoms with Crippen LogP contribution < -0.4 is 5.32 Å². The fraction of sp³-hybridized carbons (Fsp3) is 0.500. The van der Waals surface area contributed by atoms with Crippen LogP contribution in [-0.2, 0) is 0 Å². The quantitative estimate of drug-likeness (QED) is 0.866. The van der Waals surface area contributed by atoms with Gasteiger partial charge in [0.1, 0.15) is 0 Å². The highest BCUT2D eigenvalue weighted by molar-refractivity contribution is 5.38. The van der Waals surface area contributed by atoms with Crippen molar-refractivity contribution in [2.45, 2.75) is 25.7 Å². The molecule has 0 bridgehead atoms. The van der Waals surface area contributed by atoms with E-state index in [0.29, 0.717) is 12.5 Å². The topological polar surface area (TPSA) is 75.9 Å². The molecule has 1 aromatic carbocycles. The predicted octanol–water partition coefficient (Wildman–Crippen LogP) is 1.63. The van der Waals surface area contributed by atoms with E-state index in [2.05, 4.69) is 20.8 Å². The normalized spacial score (nSPS) is 17.2. The molecule has 0 radical (unpaired) electrons. The van der Waals surface area contributed by atoms with Crippen molar-refractivity contribution in [2.75, 3.05) is 18.5 Å². The van der Waals surface area contributed by atoms with E-state index in [4.69, 9.17) is 0 Å². The number of aliphatic hydroxyl groups excluding tert-OH is 1. The van der Waals surface area contributed by atoms with Crippen molar-refractivity contribution in [3.05, 3.63) is 30.3 Å². The molecular weight excluding hydrogens is 254 g/mol. The summed E-state index contributed by atoms with van der Waals surface area (Å²) in [6, 6.07) is 9.78. The molecule has 1 aliphatic carbocycles. The van der Waals surface area contributed by atoms with Gasteiger partial charge < -0.3 is 10.4 Å². The fourth-order valence-electron chi connectivity index (χ4n) is 2.82. The molecule has 1 saturated carbocycles. The van der Waals surface area contributed by atoms with E-state index in [-0.39, 0.29) is 12.0 Å². The SMILES string of the molecule is OCC1(CNc2nnnn2-c2ccccc2)CCCC1. The number of rotatable bonds is 5. The second-order valence-corrected chi connectivity index (χ2v) is 5.47. The van der Waals surface area contributed by atoms with Gasteiger partial charge in [0.05, 0.1) is 12.3 Å². The molecule has 0 aliphatic heterocycles. The summed E-state index contributed by atoms with van der Waals surface area (Å²) < 4.78 is 1.68. The number of hydrogen-bond acceptors (Lipinski definition) is 5. The third-order valence-corrected chi connectivity index (χ3v) is 4.09. The first-order valence-electron chi connectivity index (χ1n) is 7.02. The maximum Gasteiger partial charge on any atom is 0.247 e. The van der Waals surface area contributed by atoms with E-state index in [1.54, 1.807) is 4.68 Å². The molecule has 1 aliphatic rings. The molecule has 1 heterocycles. The van der Waals surface area contributed by atoms with E-state index < -0.39 is 0 Å². The van der Waals surface area contributed by atoms with Crippen LogP contribution in [0.3, 0.4) is 0 Å². The summed E-state index contributed by atoms with van der Waals surface area (Å²) in [5.41, 5.74) is 0.900. The number of benzene rings is 1. The van der Waals surface area contributed by atoms with Gasteiger partial charge in [-0.15, -0.1) is 0 Å². The molecule has 20 heavy (non-hydrogen) atoms. The Bertz CT molecular complexity index is 548. The van der Waals surface area contributed by atoms with Gasteiger partial charge in [-0.2, -0.15) is 4.68 Å². The second-order valence-electron chi connectivity index (χ2n) is 5.47. The number of aliphatic hydroxyl groups is 1. The van der Waals surface area contributed by atoms with Gasteiger partial charge in [-0.1, -0.05) is 36.1 Å². The monoisotopic (exact) mass is 273 g/mol. The Morgan fingerprint density at radius 1 is 1.20 bits per heavy atom. The largest absolute Gasteiger partial charge is 0.396 e. The number of nitrogens with zero attached hydrogens (tertiary/aromatic N) is 4. The Morgan fingerprint density at radius 3 is 2.65 bits per heavy atom. The Kier molecular flexibility index (Phi) is 3.64. The number of para-hydroxylation sites is 1. The van der Waals surface area contributed by atoms with Gasteiger partial charge in [-0.25, -0.2) is 0 Å². The minimum atomic E-state index is -0.0204. The van der Waals surface area contributed by atoms with Crippen LogP contribution in [0.25, 0.3) is 5.69 Å². The first-order valence-corrected chi connectivity index (χ1v) is 7.02. The summed E-state index contributed by atoms with van der Waals surface area (Å²) in [7, 11) is 0. The summed E-state index contributed by atoms with van der Waals surface area (Å²) in [5.74, 6) is 0.621. The molecule has 0 unspecified atom stereocenters.